The summed E-state index contributed by atoms with van der Waals surface area (Å²) < 4.78 is 27.1. The first-order valence-corrected chi connectivity index (χ1v) is 10.3. The second-order valence-electron chi connectivity index (χ2n) is 6.11. The van der Waals surface area contributed by atoms with Crippen LogP contribution < -0.4 is 9.62 Å². The predicted molar refractivity (Wildman–Crippen MR) is 96.9 cm³/mol. The van der Waals surface area contributed by atoms with Gasteiger partial charge in [0.15, 0.2) is 0 Å². The van der Waals surface area contributed by atoms with Crippen LogP contribution in [0.25, 0.3) is 0 Å². The molecule has 1 aliphatic heterocycles. The number of thiophene rings is 1. The van der Waals surface area contributed by atoms with Gasteiger partial charge in [-0.25, -0.2) is 18.2 Å². The molecular formula is C16H19N3O4S2. The molecule has 134 valence electrons. The van der Waals surface area contributed by atoms with E-state index >= 15 is 0 Å². The quantitative estimate of drug-likeness (QED) is 0.826. The van der Waals surface area contributed by atoms with Crippen molar-refractivity contribution in [1.82, 2.24) is 4.98 Å². The maximum absolute atomic E-state index is 12.3. The molecule has 25 heavy (non-hydrogen) atoms. The van der Waals surface area contributed by atoms with Crippen LogP contribution in [0, 0.1) is 5.92 Å². The number of sulfonamides is 1. The lowest BCUT2D eigenvalue weighted by Gasteiger charge is -2.32. The number of carboxylic acid groups (broad SMARTS) is 1. The number of aromatic nitrogens is 1. The molecule has 0 unspecified atom stereocenters. The minimum Gasteiger partial charge on any atom is -0.478 e. The summed E-state index contributed by atoms with van der Waals surface area (Å²) in [5.41, 5.74) is 0.140. The summed E-state index contributed by atoms with van der Waals surface area (Å²) >= 11 is 1.09. The zero-order valence-electron chi connectivity index (χ0n) is 13.7. The Kier molecular flexibility index (Phi) is 4.96. The van der Waals surface area contributed by atoms with Crippen LogP contribution in [-0.2, 0) is 10.0 Å². The van der Waals surface area contributed by atoms with Gasteiger partial charge in [0.2, 0.25) is 0 Å². The number of hydrogen-bond donors (Lipinski definition) is 2. The lowest BCUT2D eigenvalue weighted by atomic mass is 9.99. The molecular weight excluding hydrogens is 362 g/mol. The van der Waals surface area contributed by atoms with E-state index in [1.807, 2.05) is 4.90 Å². The number of anilines is 2. The lowest BCUT2D eigenvalue weighted by molar-refractivity contribution is 0.0697. The first kappa shape index (κ1) is 17.7. The lowest BCUT2D eigenvalue weighted by Crippen LogP contribution is -2.34. The summed E-state index contributed by atoms with van der Waals surface area (Å²) in [6, 6.07) is 4.45. The molecule has 0 bridgehead atoms. The van der Waals surface area contributed by atoms with Gasteiger partial charge in [-0.3, -0.25) is 4.72 Å². The average Bonchev–Trinajstić information content (AvgIpc) is 3.11. The fraction of sp³-hybridized carbons (Fsp3) is 0.375. The molecule has 1 aliphatic rings. The Bertz CT molecular complexity index is 858. The molecule has 0 aromatic carbocycles. The number of carboxylic acids is 1. The normalized spacial score (nSPS) is 16.0. The molecule has 1 fully saturated rings. The van der Waals surface area contributed by atoms with E-state index in [9.17, 15) is 18.3 Å². The third-order valence-electron chi connectivity index (χ3n) is 4.19. The molecule has 0 atom stereocenters. The van der Waals surface area contributed by atoms with Crippen molar-refractivity contribution in [3.05, 3.63) is 35.3 Å². The van der Waals surface area contributed by atoms with Crippen LogP contribution in [0.5, 0.6) is 0 Å². The van der Waals surface area contributed by atoms with Crippen molar-refractivity contribution in [2.45, 2.75) is 24.0 Å². The minimum atomic E-state index is -3.74. The molecule has 2 aromatic heterocycles. The average molecular weight is 381 g/mol. The van der Waals surface area contributed by atoms with Gasteiger partial charge in [0.1, 0.15) is 15.6 Å². The number of carbonyl (C=O) groups is 1. The second-order valence-corrected chi connectivity index (χ2v) is 8.96. The summed E-state index contributed by atoms with van der Waals surface area (Å²) in [6.45, 7) is 3.66. The fourth-order valence-corrected chi connectivity index (χ4v) is 4.79. The molecule has 0 amide bonds. The highest BCUT2D eigenvalue weighted by Crippen LogP contribution is 2.27. The van der Waals surface area contributed by atoms with E-state index in [0.29, 0.717) is 11.7 Å². The minimum absolute atomic E-state index is 0.000864. The Balaban J connectivity index is 1.88. The number of rotatable bonds is 5. The Labute approximate surface area is 150 Å². The zero-order chi connectivity index (χ0) is 18.0. The van der Waals surface area contributed by atoms with E-state index in [0.717, 1.165) is 37.3 Å². The van der Waals surface area contributed by atoms with Crippen LogP contribution >= 0.6 is 11.3 Å². The molecule has 7 nitrogen and oxygen atoms in total. The van der Waals surface area contributed by atoms with Gasteiger partial charge in [0.25, 0.3) is 10.0 Å². The van der Waals surface area contributed by atoms with Crippen LogP contribution in [0.4, 0.5) is 11.5 Å². The van der Waals surface area contributed by atoms with Crippen molar-refractivity contribution in [3.63, 3.8) is 0 Å². The van der Waals surface area contributed by atoms with Crippen LogP contribution in [0.2, 0.25) is 0 Å². The van der Waals surface area contributed by atoms with Crippen LogP contribution in [0.1, 0.15) is 30.1 Å². The first-order valence-electron chi connectivity index (χ1n) is 7.91. The number of nitrogens with one attached hydrogen (secondary N) is 1. The molecule has 1 saturated heterocycles. The van der Waals surface area contributed by atoms with Crippen molar-refractivity contribution in [1.29, 1.82) is 0 Å². The third kappa shape index (κ3) is 3.93. The Morgan fingerprint density at radius 3 is 2.72 bits per heavy atom. The highest BCUT2D eigenvalue weighted by Gasteiger charge is 2.23. The van der Waals surface area contributed by atoms with Crippen molar-refractivity contribution >= 4 is 38.8 Å². The summed E-state index contributed by atoms with van der Waals surface area (Å²) in [4.78, 5) is 17.8. The summed E-state index contributed by atoms with van der Waals surface area (Å²) in [6.07, 6.45) is 3.33. The first-order chi connectivity index (χ1) is 11.9. The van der Waals surface area contributed by atoms with Gasteiger partial charge < -0.3 is 10.0 Å². The molecule has 9 heteroatoms. The van der Waals surface area contributed by atoms with E-state index in [1.54, 1.807) is 11.4 Å². The van der Waals surface area contributed by atoms with Gasteiger partial charge in [-0.15, -0.1) is 11.3 Å². The molecule has 2 aromatic rings. The molecule has 0 spiro atoms. The molecule has 0 radical (unpaired) electrons. The van der Waals surface area contributed by atoms with Crippen molar-refractivity contribution in [3.8, 4) is 0 Å². The smallest absolute Gasteiger partial charge is 0.339 e. The van der Waals surface area contributed by atoms with Gasteiger partial charge in [-0.1, -0.05) is 13.0 Å². The number of hydrogen-bond acceptors (Lipinski definition) is 6. The van der Waals surface area contributed by atoms with E-state index in [4.69, 9.17) is 0 Å². The number of piperidine rings is 1. The van der Waals surface area contributed by atoms with Gasteiger partial charge in [0.05, 0.1) is 11.9 Å². The van der Waals surface area contributed by atoms with Gasteiger partial charge >= 0.3 is 5.97 Å². The maximum atomic E-state index is 12.3. The van der Waals surface area contributed by atoms with Crippen LogP contribution in [0.3, 0.4) is 0 Å². The van der Waals surface area contributed by atoms with Gasteiger partial charge in [-0.05, 0) is 36.3 Å². The van der Waals surface area contributed by atoms with Crippen molar-refractivity contribution in [2.24, 2.45) is 5.92 Å². The molecule has 0 saturated carbocycles. The van der Waals surface area contributed by atoms with Gasteiger partial charge in [-0.2, -0.15) is 0 Å². The number of aromatic carboxylic acids is 1. The predicted octanol–water partition coefficient (Wildman–Crippen LogP) is 2.88. The van der Waals surface area contributed by atoms with Crippen molar-refractivity contribution in [2.75, 3.05) is 22.7 Å². The SMILES string of the molecule is CC1CCN(c2ncc(NS(=O)(=O)c3cccs3)cc2C(=O)O)CC1. The summed E-state index contributed by atoms with van der Waals surface area (Å²) in [5.74, 6) is -0.127. The standard InChI is InChI=1S/C16H19N3O4S2/c1-11-4-6-19(7-5-11)15-13(16(20)21)9-12(10-17-15)18-25(22,23)14-3-2-8-24-14/h2-3,8-11,18H,4-7H2,1H3,(H,20,21). The topological polar surface area (TPSA) is 99.6 Å². The largest absolute Gasteiger partial charge is 0.478 e. The highest BCUT2D eigenvalue weighted by atomic mass is 32.2. The molecule has 2 N–H and O–H groups in total. The Morgan fingerprint density at radius 1 is 1.40 bits per heavy atom. The number of nitrogens with zero attached hydrogens (tertiary/aromatic N) is 2. The second kappa shape index (κ2) is 7.01. The number of pyridine rings is 1. The van der Waals surface area contributed by atoms with E-state index in [-0.39, 0.29) is 15.5 Å². The third-order valence-corrected chi connectivity index (χ3v) is 6.97. The maximum Gasteiger partial charge on any atom is 0.339 e. The highest BCUT2D eigenvalue weighted by molar-refractivity contribution is 7.94. The monoisotopic (exact) mass is 381 g/mol. The zero-order valence-corrected chi connectivity index (χ0v) is 15.3. The molecule has 3 heterocycles. The van der Waals surface area contributed by atoms with Crippen LogP contribution in [-0.4, -0.2) is 37.6 Å². The summed E-state index contributed by atoms with van der Waals surface area (Å²) in [5, 5.41) is 11.2. The molecule has 3 rings (SSSR count). The Hall–Kier alpha value is -2.13. The van der Waals surface area contributed by atoms with Crippen LogP contribution in [0.15, 0.2) is 34.0 Å². The molecule has 0 aliphatic carbocycles. The Morgan fingerprint density at radius 2 is 2.12 bits per heavy atom. The fourth-order valence-electron chi connectivity index (χ4n) is 2.76. The van der Waals surface area contributed by atoms with E-state index in [1.165, 1.54) is 18.3 Å². The van der Waals surface area contributed by atoms with E-state index < -0.39 is 16.0 Å². The van der Waals surface area contributed by atoms with E-state index in [2.05, 4.69) is 16.6 Å². The van der Waals surface area contributed by atoms with Crippen molar-refractivity contribution < 1.29 is 18.3 Å². The van der Waals surface area contributed by atoms with Gasteiger partial charge in [0, 0.05) is 13.1 Å². The summed E-state index contributed by atoms with van der Waals surface area (Å²) in [7, 11) is -3.74.